The van der Waals surface area contributed by atoms with E-state index in [1.54, 1.807) is 0 Å². The molecule has 14 heavy (non-hydrogen) atoms. The van der Waals surface area contributed by atoms with Crippen LogP contribution in [0.2, 0.25) is 0 Å². The molecule has 2 nitrogen and oxygen atoms in total. The first-order chi connectivity index (χ1) is 6.77. The fourth-order valence-electron chi connectivity index (χ4n) is 2.08. The highest BCUT2D eigenvalue weighted by Gasteiger charge is 2.20. The summed E-state index contributed by atoms with van der Waals surface area (Å²) in [7, 11) is 2.20. The van der Waals surface area contributed by atoms with E-state index >= 15 is 0 Å². The maximum absolute atomic E-state index is 4.28. The first-order valence-electron chi connectivity index (χ1n) is 5.09. The molecule has 0 spiro atoms. The molecule has 0 aromatic carbocycles. The Balaban J connectivity index is 2.16. The summed E-state index contributed by atoms with van der Waals surface area (Å²) in [6.07, 6.45) is 5.92. The van der Waals surface area contributed by atoms with Gasteiger partial charge in [0.05, 0.1) is 0 Å². The van der Waals surface area contributed by atoms with Crippen molar-refractivity contribution in [3.63, 3.8) is 0 Å². The number of pyridine rings is 1. The average Bonchev–Trinajstić information content (AvgIpc) is 2.20. The zero-order valence-electron chi connectivity index (χ0n) is 8.41. The van der Waals surface area contributed by atoms with Gasteiger partial charge < -0.3 is 0 Å². The van der Waals surface area contributed by atoms with Crippen molar-refractivity contribution < 1.29 is 0 Å². The van der Waals surface area contributed by atoms with Crippen LogP contribution in [0.4, 0.5) is 0 Å². The second-order valence-corrected chi connectivity index (χ2v) is 4.72. The topological polar surface area (TPSA) is 16.1 Å². The lowest BCUT2D eigenvalue weighted by Gasteiger charge is -2.32. The minimum atomic E-state index is 0.573. The molecule has 0 bridgehead atoms. The quantitative estimate of drug-likeness (QED) is 0.717. The molecule has 76 valence electrons. The van der Waals surface area contributed by atoms with E-state index in [-0.39, 0.29) is 0 Å². The second kappa shape index (κ2) is 4.41. The lowest BCUT2D eigenvalue weighted by Crippen LogP contribution is -2.29. The standard InChI is InChI=1S/C11H15BrN2/c1-14-7-3-2-4-10(14)9-5-6-11(12)13-8-9/h5-6,8,10H,2-4,7H2,1H3/t10-/m1/s1. The van der Waals surface area contributed by atoms with E-state index in [0.29, 0.717) is 6.04 Å². The summed E-state index contributed by atoms with van der Waals surface area (Å²) in [6, 6.07) is 4.77. The number of rotatable bonds is 1. The molecule has 1 atom stereocenters. The predicted octanol–water partition coefficient (Wildman–Crippen LogP) is 3.00. The fraction of sp³-hybridized carbons (Fsp3) is 0.545. The van der Waals surface area contributed by atoms with Gasteiger partial charge in [-0.3, -0.25) is 4.90 Å². The maximum Gasteiger partial charge on any atom is 0.106 e. The van der Waals surface area contributed by atoms with Crippen molar-refractivity contribution in [2.45, 2.75) is 25.3 Å². The Kier molecular flexibility index (Phi) is 3.19. The highest BCUT2D eigenvalue weighted by Crippen LogP contribution is 2.29. The molecule has 0 N–H and O–H groups in total. The van der Waals surface area contributed by atoms with Crippen molar-refractivity contribution in [1.82, 2.24) is 9.88 Å². The molecule has 0 radical (unpaired) electrons. The minimum absolute atomic E-state index is 0.573. The summed E-state index contributed by atoms with van der Waals surface area (Å²) in [4.78, 5) is 6.70. The van der Waals surface area contributed by atoms with Crippen LogP contribution in [0.15, 0.2) is 22.9 Å². The van der Waals surface area contributed by atoms with Gasteiger partial charge in [-0.05, 0) is 54.0 Å². The Labute approximate surface area is 93.5 Å². The van der Waals surface area contributed by atoms with Crippen LogP contribution < -0.4 is 0 Å². The molecule has 1 fully saturated rings. The van der Waals surface area contributed by atoms with Gasteiger partial charge in [-0.1, -0.05) is 12.5 Å². The van der Waals surface area contributed by atoms with Gasteiger partial charge in [0, 0.05) is 12.2 Å². The smallest absolute Gasteiger partial charge is 0.106 e. The summed E-state index contributed by atoms with van der Waals surface area (Å²) in [5.74, 6) is 0. The van der Waals surface area contributed by atoms with E-state index in [9.17, 15) is 0 Å². The summed E-state index contributed by atoms with van der Waals surface area (Å²) in [5, 5.41) is 0. The number of hydrogen-bond donors (Lipinski definition) is 0. The van der Waals surface area contributed by atoms with Crippen LogP contribution in [0.3, 0.4) is 0 Å². The first-order valence-corrected chi connectivity index (χ1v) is 5.88. The highest BCUT2D eigenvalue weighted by atomic mass is 79.9. The normalized spacial score (nSPS) is 23.7. The first kappa shape index (κ1) is 10.1. The van der Waals surface area contributed by atoms with Crippen molar-refractivity contribution in [1.29, 1.82) is 0 Å². The van der Waals surface area contributed by atoms with E-state index in [1.807, 2.05) is 12.3 Å². The lowest BCUT2D eigenvalue weighted by atomic mass is 9.97. The molecule has 1 saturated heterocycles. The molecular formula is C11H15BrN2. The molecular weight excluding hydrogens is 240 g/mol. The number of halogens is 1. The Bertz CT molecular complexity index is 297. The molecule has 1 aliphatic rings. The highest BCUT2D eigenvalue weighted by molar-refractivity contribution is 9.10. The van der Waals surface area contributed by atoms with Crippen molar-refractivity contribution in [3.05, 3.63) is 28.5 Å². The lowest BCUT2D eigenvalue weighted by molar-refractivity contribution is 0.187. The van der Waals surface area contributed by atoms with Crippen molar-refractivity contribution in [2.24, 2.45) is 0 Å². The Morgan fingerprint density at radius 1 is 1.43 bits per heavy atom. The molecule has 0 saturated carbocycles. The van der Waals surface area contributed by atoms with E-state index in [4.69, 9.17) is 0 Å². The van der Waals surface area contributed by atoms with Crippen molar-refractivity contribution in [3.8, 4) is 0 Å². The number of aromatic nitrogens is 1. The molecule has 0 aliphatic carbocycles. The van der Waals surface area contributed by atoms with Gasteiger partial charge in [0.2, 0.25) is 0 Å². The molecule has 0 amide bonds. The third kappa shape index (κ3) is 2.15. The molecule has 2 heterocycles. The van der Waals surface area contributed by atoms with Crippen LogP contribution in [0.5, 0.6) is 0 Å². The third-order valence-electron chi connectivity index (χ3n) is 2.91. The minimum Gasteiger partial charge on any atom is -0.299 e. The van der Waals surface area contributed by atoms with Crippen molar-refractivity contribution in [2.75, 3.05) is 13.6 Å². The van der Waals surface area contributed by atoms with Gasteiger partial charge in [0.1, 0.15) is 4.60 Å². The van der Waals surface area contributed by atoms with E-state index < -0.39 is 0 Å². The SMILES string of the molecule is CN1CCCC[C@@H]1c1ccc(Br)nc1. The average molecular weight is 255 g/mol. The number of likely N-dealkylation sites (tertiary alicyclic amines) is 1. The van der Waals surface area contributed by atoms with Gasteiger partial charge in [0.15, 0.2) is 0 Å². The third-order valence-corrected chi connectivity index (χ3v) is 3.37. The largest absolute Gasteiger partial charge is 0.299 e. The molecule has 1 aliphatic heterocycles. The van der Waals surface area contributed by atoms with Gasteiger partial charge >= 0.3 is 0 Å². The molecule has 1 aromatic rings. The molecule has 0 unspecified atom stereocenters. The number of piperidine rings is 1. The van der Waals surface area contributed by atoms with Crippen LogP contribution in [0.1, 0.15) is 30.9 Å². The Morgan fingerprint density at radius 2 is 2.29 bits per heavy atom. The van der Waals surface area contributed by atoms with Crippen LogP contribution in [0, 0.1) is 0 Å². The zero-order valence-corrected chi connectivity index (χ0v) is 10.00. The van der Waals surface area contributed by atoms with E-state index in [0.717, 1.165) is 4.60 Å². The summed E-state index contributed by atoms with van der Waals surface area (Å²) < 4.78 is 0.916. The van der Waals surface area contributed by atoms with Gasteiger partial charge in [-0.15, -0.1) is 0 Å². The van der Waals surface area contributed by atoms with E-state index in [2.05, 4.69) is 38.9 Å². The van der Waals surface area contributed by atoms with Crippen LogP contribution >= 0.6 is 15.9 Å². The molecule has 2 rings (SSSR count). The van der Waals surface area contributed by atoms with Gasteiger partial charge in [0.25, 0.3) is 0 Å². The monoisotopic (exact) mass is 254 g/mol. The van der Waals surface area contributed by atoms with E-state index in [1.165, 1.54) is 31.4 Å². The number of hydrogen-bond acceptors (Lipinski definition) is 2. The molecule has 1 aromatic heterocycles. The van der Waals surface area contributed by atoms with Crippen LogP contribution in [-0.2, 0) is 0 Å². The van der Waals surface area contributed by atoms with Gasteiger partial charge in [-0.2, -0.15) is 0 Å². The van der Waals surface area contributed by atoms with Gasteiger partial charge in [-0.25, -0.2) is 4.98 Å². The fourth-order valence-corrected chi connectivity index (χ4v) is 2.32. The molecule has 3 heteroatoms. The second-order valence-electron chi connectivity index (χ2n) is 3.91. The Hall–Kier alpha value is -0.410. The zero-order chi connectivity index (χ0) is 9.97. The predicted molar refractivity (Wildman–Crippen MR) is 61.2 cm³/mol. The maximum atomic E-state index is 4.28. The van der Waals surface area contributed by atoms with Crippen LogP contribution in [0.25, 0.3) is 0 Å². The number of nitrogens with zero attached hydrogens (tertiary/aromatic N) is 2. The van der Waals surface area contributed by atoms with Crippen molar-refractivity contribution >= 4 is 15.9 Å². The summed E-state index contributed by atoms with van der Waals surface area (Å²) in [5.41, 5.74) is 1.34. The summed E-state index contributed by atoms with van der Waals surface area (Å²) in [6.45, 7) is 1.21. The van der Waals surface area contributed by atoms with Crippen LogP contribution in [-0.4, -0.2) is 23.5 Å². The summed E-state index contributed by atoms with van der Waals surface area (Å²) >= 11 is 3.36. The Morgan fingerprint density at radius 3 is 2.93 bits per heavy atom.